The Hall–Kier alpha value is -0.660. The molecule has 0 aromatic heterocycles. The molecule has 84 valence electrons. The lowest BCUT2D eigenvalue weighted by atomic mass is 10.3. The molecule has 0 saturated heterocycles. The lowest BCUT2D eigenvalue weighted by Crippen LogP contribution is -2.40. The zero-order chi connectivity index (χ0) is 11.2. The summed E-state index contributed by atoms with van der Waals surface area (Å²) in [6, 6.07) is -0.125. The van der Waals surface area contributed by atoms with Gasteiger partial charge in [-0.2, -0.15) is 13.1 Å². The topological polar surface area (TPSA) is 108 Å². The lowest BCUT2D eigenvalue weighted by molar-refractivity contribution is 0.553. The van der Waals surface area contributed by atoms with Crippen LogP contribution in [0.5, 0.6) is 0 Å². The van der Waals surface area contributed by atoms with Crippen LogP contribution in [0.25, 0.3) is 0 Å². The molecule has 0 heterocycles. The second-order valence-corrected chi connectivity index (χ2v) is 4.83. The van der Waals surface area contributed by atoms with E-state index in [9.17, 15) is 8.42 Å². The molecular weight excluding hydrogens is 204 g/mol. The van der Waals surface area contributed by atoms with Gasteiger partial charge in [0.15, 0.2) is 0 Å². The summed E-state index contributed by atoms with van der Waals surface area (Å²) >= 11 is 0. The van der Waals surface area contributed by atoms with Crippen molar-refractivity contribution in [3.05, 3.63) is 0 Å². The fourth-order valence-corrected chi connectivity index (χ4v) is 1.95. The largest absolute Gasteiger partial charge is 0.388 e. The van der Waals surface area contributed by atoms with Crippen molar-refractivity contribution in [2.24, 2.45) is 5.73 Å². The highest BCUT2D eigenvalue weighted by Crippen LogP contribution is 1.88. The highest BCUT2D eigenvalue weighted by molar-refractivity contribution is 7.87. The van der Waals surface area contributed by atoms with Crippen LogP contribution in [0.1, 0.15) is 26.7 Å². The van der Waals surface area contributed by atoms with Crippen LogP contribution in [-0.4, -0.2) is 26.8 Å². The van der Waals surface area contributed by atoms with E-state index < -0.39 is 10.2 Å². The first-order valence-corrected chi connectivity index (χ1v) is 5.91. The highest BCUT2D eigenvalue weighted by atomic mass is 32.2. The van der Waals surface area contributed by atoms with Gasteiger partial charge in [-0.25, -0.2) is 4.72 Å². The summed E-state index contributed by atoms with van der Waals surface area (Å²) in [4.78, 5) is 0. The van der Waals surface area contributed by atoms with Gasteiger partial charge in [-0.1, -0.05) is 0 Å². The lowest BCUT2D eigenvalue weighted by Gasteiger charge is -2.10. The van der Waals surface area contributed by atoms with Crippen LogP contribution in [0, 0.1) is 5.41 Å². The van der Waals surface area contributed by atoms with Crippen LogP contribution in [-0.2, 0) is 10.2 Å². The van der Waals surface area contributed by atoms with E-state index in [1.54, 1.807) is 13.8 Å². The fraction of sp³-hybridized carbons (Fsp3) is 0.857. The third-order valence-corrected chi connectivity index (χ3v) is 2.67. The van der Waals surface area contributed by atoms with Crippen molar-refractivity contribution in [1.82, 2.24) is 9.44 Å². The van der Waals surface area contributed by atoms with Gasteiger partial charge in [0.05, 0.1) is 5.84 Å². The molecule has 0 amide bonds. The van der Waals surface area contributed by atoms with Gasteiger partial charge in [0.25, 0.3) is 10.2 Å². The Bertz CT molecular complexity index is 273. The van der Waals surface area contributed by atoms with E-state index in [0.717, 1.165) is 0 Å². The summed E-state index contributed by atoms with van der Waals surface area (Å²) in [5.74, 6) is 0.0704. The molecular formula is C7H18N4O2S. The number of amidine groups is 1. The Morgan fingerprint density at radius 3 is 2.50 bits per heavy atom. The maximum atomic E-state index is 11.2. The molecule has 0 fully saturated rings. The van der Waals surface area contributed by atoms with Gasteiger partial charge >= 0.3 is 0 Å². The summed E-state index contributed by atoms with van der Waals surface area (Å²) < 4.78 is 27.1. The maximum absolute atomic E-state index is 11.2. The van der Waals surface area contributed by atoms with Crippen LogP contribution < -0.4 is 15.2 Å². The maximum Gasteiger partial charge on any atom is 0.277 e. The van der Waals surface area contributed by atoms with Crippen molar-refractivity contribution in [2.45, 2.75) is 32.7 Å². The first-order chi connectivity index (χ1) is 6.33. The Labute approximate surface area is 85.0 Å². The predicted molar refractivity (Wildman–Crippen MR) is 56.3 cm³/mol. The number of nitrogens with two attached hydrogens (primary N) is 1. The molecule has 0 aromatic carbocycles. The smallest absolute Gasteiger partial charge is 0.277 e. The Morgan fingerprint density at radius 2 is 2.07 bits per heavy atom. The minimum Gasteiger partial charge on any atom is -0.388 e. The van der Waals surface area contributed by atoms with Crippen LogP contribution in [0.4, 0.5) is 0 Å². The van der Waals surface area contributed by atoms with E-state index in [1.807, 2.05) is 0 Å². The van der Waals surface area contributed by atoms with Crippen LogP contribution in [0.3, 0.4) is 0 Å². The number of rotatable bonds is 7. The molecule has 0 aromatic rings. The highest BCUT2D eigenvalue weighted by Gasteiger charge is 2.09. The number of hydrogen-bond donors (Lipinski definition) is 4. The molecule has 0 aliphatic heterocycles. The van der Waals surface area contributed by atoms with Gasteiger partial charge in [0.1, 0.15) is 0 Å². The predicted octanol–water partition coefficient (Wildman–Crippen LogP) is -0.465. The van der Waals surface area contributed by atoms with E-state index in [1.165, 1.54) is 0 Å². The monoisotopic (exact) mass is 222 g/mol. The molecule has 0 bridgehead atoms. The van der Waals surface area contributed by atoms with E-state index in [0.29, 0.717) is 19.4 Å². The second-order valence-electron chi connectivity index (χ2n) is 3.30. The van der Waals surface area contributed by atoms with Crippen molar-refractivity contribution < 1.29 is 8.42 Å². The molecule has 0 atom stereocenters. The summed E-state index contributed by atoms with van der Waals surface area (Å²) in [6.45, 7) is 3.78. The molecule has 0 spiro atoms. The molecule has 7 heteroatoms. The number of hydrogen-bond acceptors (Lipinski definition) is 3. The Balaban J connectivity index is 3.72. The molecule has 0 aliphatic carbocycles. The van der Waals surface area contributed by atoms with Crippen molar-refractivity contribution in [3.63, 3.8) is 0 Å². The third-order valence-electron chi connectivity index (χ3n) is 1.31. The average Bonchev–Trinajstić information content (AvgIpc) is 1.95. The van der Waals surface area contributed by atoms with E-state index in [2.05, 4.69) is 9.44 Å². The third kappa shape index (κ3) is 7.96. The Morgan fingerprint density at radius 1 is 1.50 bits per heavy atom. The Kier molecular flexibility index (Phi) is 5.66. The van der Waals surface area contributed by atoms with Crippen molar-refractivity contribution >= 4 is 16.0 Å². The van der Waals surface area contributed by atoms with E-state index >= 15 is 0 Å². The second kappa shape index (κ2) is 5.94. The van der Waals surface area contributed by atoms with Crippen molar-refractivity contribution in [3.8, 4) is 0 Å². The van der Waals surface area contributed by atoms with Gasteiger partial charge in [0, 0.05) is 19.0 Å². The number of nitrogens with one attached hydrogen (secondary N) is 3. The molecule has 0 unspecified atom stereocenters. The van der Waals surface area contributed by atoms with Crippen LogP contribution in [0.15, 0.2) is 0 Å². The van der Waals surface area contributed by atoms with Gasteiger partial charge in [0.2, 0.25) is 0 Å². The van der Waals surface area contributed by atoms with Crippen LogP contribution in [0.2, 0.25) is 0 Å². The average molecular weight is 222 g/mol. The summed E-state index contributed by atoms with van der Waals surface area (Å²) in [5.41, 5.74) is 5.11. The fourth-order valence-electron chi connectivity index (χ4n) is 0.837. The SMILES string of the molecule is CC(C)NS(=O)(=O)NCCCC(=N)N. The van der Waals surface area contributed by atoms with Gasteiger partial charge in [-0.3, -0.25) is 5.41 Å². The van der Waals surface area contributed by atoms with Crippen molar-refractivity contribution in [1.29, 1.82) is 5.41 Å². The minimum atomic E-state index is -3.39. The zero-order valence-electron chi connectivity index (χ0n) is 8.50. The summed E-state index contributed by atoms with van der Waals surface area (Å²) in [5, 5.41) is 6.93. The molecule has 0 aliphatic rings. The first-order valence-electron chi connectivity index (χ1n) is 4.43. The first kappa shape index (κ1) is 13.3. The van der Waals surface area contributed by atoms with Gasteiger partial charge in [-0.15, -0.1) is 0 Å². The molecule has 5 N–H and O–H groups in total. The quantitative estimate of drug-likeness (QED) is 0.266. The molecule has 6 nitrogen and oxygen atoms in total. The van der Waals surface area contributed by atoms with E-state index in [4.69, 9.17) is 11.1 Å². The summed E-state index contributed by atoms with van der Waals surface area (Å²) in [6.07, 6.45) is 0.943. The molecule has 0 radical (unpaired) electrons. The minimum absolute atomic E-state index is 0.0704. The molecule has 14 heavy (non-hydrogen) atoms. The van der Waals surface area contributed by atoms with E-state index in [-0.39, 0.29) is 11.9 Å². The molecule has 0 rings (SSSR count). The molecule has 0 saturated carbocycles. The van der Waals surface area contributed by atoms with Crippen LogP contribution >= 0.6 is 0 Å². The van der Waals surface area contributed by atoms with Gasteiger partial charge in [-0.05, 0) is 20.3 Å². The van der Waals surface area contributed by atoms with Gasteiger partial charge < -0.3 is 5.73 Å². The zero-order valence-corrected chi connectivity index (χ0v) is 9.32. The normalized spacial score (nSPS) is 11.9. The van der Waals surface area contributed by atoms with Crippen molar-refractivity contribution in [2.75, 3.05) is 6.54 Å². The summed E-state index contributed by atoms with van der Waals surface area (Å²) in [7, 11) is -3.39. The standard InChI is InChI=1S/C7H18N4O2S/c1-6(2)11-14(12,13)10-5-3-4-7(8)9/h6,10-11H,3-5H2,1-2H3,(H3,8,9).